The van der Waals surface area contributed by atoms with Gasteiger partial charge in [-0.2, -0.15) is 0 Å². The maximum atomic E-state index is 13.1. The van der Waals surface area contributed by atoms with Crippen molar-refractivity contribution in [1.29, 1.82) is 0 Å². The van der Waals surface area contributed by atoms with Gasteiger partial charge in [-0.05, 0) is 47.6 Å². The van der Waals surface area contributed by atoms with E-state index in [9.17, 15) is 9.59 Å². The van der Waals surface area contributed by atoms with Crippen molar-refractivity contribution < 1.29 is 19.1 Å². The number of carbonyl (C=O) groups excluding carboxylic acids is 2. The normalized spacial score (nSPS) is 16.6. The van der Waals surface area contributed by atoms with Gasteiger partial charge in [-0.25, -0.2) is 4.79 Å². The van der Waals surface area contributed by atoms with Crippen molar-refractivity contribution in [2.75, 3.05) is 18.1 Å². The molecule has 2 N–H and O–H groups in total. The van der Waals surface area contributed by atoms with Crippen molar-refractivity contribution in [1.82, 2.24) is 0 Å². The number of hydrogen-bond donors (Lipinski definition) is 1. The number of anilines is 1. The molecule has 2 aromatic carbocycles. The second-order valence-electron chi connectivity index (χ2n) is 8.49. The molecule has 2 unspecified atom stereocenters. The molecule has 1 aliphatic rings. The maximum absolute atomic E-state index is 13.1. The number of fused-ring (bicyclic) bond motifs is 1. The smallest absolute Gasteiger partial charge is 0.434 e. The lowest BCUT2D eigenvalue weighted by atomic mass is 9.93. The zero-order valence-electron chi connectivity index (χ0n) is 18.1. The van der Waals surface area contributed by atoms with Crippen LogP contribution in [-0.4, -0.2) is 25.2 Å². The van der Waals surface area contributed by atoms with Crippen LogP contribution in [0, 0.1) is 11.8 Å². The van der Waals surface area contributed by atoms with Crippen LogP contribution >= 0.6 is 11.6 Å². The lowest BCUT2D eigenvalue weighted by Gasteiger charge is -2.34. The molecule has 1 amide bonds. The van der Waals surface area contributed by atoms with E-state index in [1.807, 2.05) is 36.9 Å². The Morgan fingerprint density at radius 2 is 1.97 bits per heavy atom. The van der Waals surface area contributed by atoms with Gasteiger partial charge in [0.15, 0.2) is 0 Å². The number of rotatable bonds is 6. The van der Waals surface area contributed by atoms with E-state index < -0.39 is 12.2 Å². The average molecular weight is 445 g/mol. The highest BCUT2D eigenvalue weighted by molar-refractivity contribution is 6.31. The fourth-order valence-electron chi connectivity index (χ4n) is 3.67. The van der Waals surface area contributed by atoms with E-state index in [1.54, 1.807) is 12.1 Å². The van der Waals surface area contributed by atoms with Crippen LogP contribution in [0.15, 0.2) is 42.5 Å². The molecule has 0 aliphatic carbocycles. The topological polar surface area (TPSA) is 81.9 Å². The predicted molar refractivity (Wildman–Crippen MR) is 121 cm³/mol. The van der Waals surface area contributed by atoms with Crippen LogP contribution in [-0.2, 0) is 16.0 Å². The number of hydrogen-bond acceptors (Lipinski definition) is 5. The molecule has 1 aliphatic heterocycles. The van der Waals surface area contributed by atoms with Crippen LogP contribution in [0.3, 0.4) is 0 Å². The Hall–Kier alpha value is -2.57. The SMILES string of the molecule is CC(C)COC(=O)Oc1ccc(C(N)CC(=O)N2CC(C)Cc3ccccc32)c(Cl)c1. The molecule has 6 nitrogen and oxygen atoms in total. The molecule has 0 saturated heterocycles. The summed E-state index contributed by atoms with van der Waals surface area (Å²) in [6.45, 7) is 6.95. The van der Waals surface area contributed by atoms with Crippen molar-refractivity contribution in [3.05, 3.63) is 58.6 Å². The molecule has 2 atom stereocenters. The minimum atomic E-state index is -0.783. The number of amides is 1. The van der Waals surface area contributed by atoms with Crippen molar-refractivity contribution in [2.45, 2.75) is 39.7 Å². The average Bonchev–Trinajstić information content (AvgIpc) is 2.71. The largest absolute Gasteiger partial charge is 0.513 e. The third kappa shape index (κ3) is 5.99. The summed E-state index contributed by atoms with van der Waals surface area (Å²) in [6.07, 6.45) is 0.297. The Bertz CT molecular complexity index is 947. The number of ether oxygens (including phenoxy) is 2. The first kappa shape index (κ1) is 23.1. The van der Waals surface area contributed by atoms with Gasteiger partial charge in [0.25, 0.3) is 0 Å². The molecule has 3 rings (SSSR count). The highest BCUT2D eigenvalue weighted by Gasteiger charge is 2.27. The summed E-state index contributed by atoms with van der Waals surface area (Å²) >= 11 is 6.37. The molecule has 1 heterocycles. The molecule has 0 aromatic heterocycles. The van der Waals surface area contributed by atoms with Gasteiger partial charge in [0, 0.05) is 29.7 Å². The fourth-order valence-corrected chi connectivity index (χ4v) is 3.98. The first-order chi connectivity index (χ1) is 14.7. The van der Waals surface area contributed by atoms with Gasteiger partial charge in [-0.3, -0.25) is 4.79 Å². The van der Waals surface area contributed by atoms with Crippen LogP contribution < -0.4 is 15.4 Å². The van der Waals surface area contributed by atoms with Gasteiger partial charge in [0.2, 0.25) is 5.91 Å². The first-order valence-corrected chi connectivity index (χ1v) is 10.9. The van der Waals surface area contributed by atoms with Gasteiger partial charge in [-0.15, -0.1) is 0 Å². The van der Waals surface area contributed by atoms with E-state index >= 15 is 0 Å². The van der Waals surface area contributed by atoms with Crippen molar-refractivity contribution in [2.24, 2.45) is 17.6 Å². The summed E-state index contributed by atoms with van der Waals surface area (Å²) in [5.74, 6) is 0.814. The monoisotopic (exact) mass is 444 g/mol. The standard InChI is InChI=1S/C24H29ClN2O4/c1-15(2)14-30-24(29)31-18-8-9-19(20(25)11-18)21(26)12-23(28)27-13-16(3)10-17-6-4-5-7-22(17)27/h4-9,11,15-16,21H,10,12-14,26H2,1-3H3. The van der Waals surface area contributed by atoms with Crippen LogP contribution in [0.25, 0.3) is 0 Å². The Morgan fingerprint density at radius 3 is 2.68 bits per heavy atom. The lowest BCUT2D eigenvalue weighted by Crippen LogP contribution is -2.40. The van der Waals surface area contributed by atoms with Gasteiger partial charge in [-0.1, -0.05) is 56.6 Å². The Balaban J connectivity index is 1.66. The van der Waals surface area contributed by atoms with Crippen LogP contribution in [0.5, 0.6) is 5.75 Å². The molecule has 0 radical (unpaired) electrons. The third-order valence-corrected chi connectivity index (χ3v) is 5.48. The second-order valence-corrected chi connectivity index (χ2v) is 8.90. The second kappa shape index (κ2) is 10.2. The van der Waals surface area contributed by atoms with E-state index in [-0.39, 0.29) is 30.6 Å². The van der Waals surface area contributed by atoms with Crippen LogP contribution in [0.2, 0.25) is 5.02 Å². The molecule has 166 valence electrons. The number of nitrogens with zero attached hydrogens (tertiary/aromatic N) is 1. The molecule has 7 heteroatoms. The molecule has 0 fully saturated rings. The Labute approximate surface area is 188 Å². The summed E-state index contributed by atoms with van der Waals surface area (Å²) in [5.41, 5.74) is 9.07. The molecule has 0 spiro atoms. The molecular formula is C24H29ClN2O4. The lowest BCUT2D eigenvalue weighted by molar-refractivity contribution is -0.119. The van der Waals surface area contributed by atoms with E-state index in [4.69, 9.17) is 26.8 Å². The quantitative estimate of drug-likeness (QED) is 0.493. The molecule has 31 heavy (non-hydrogen) atoms. The number of halogens is 1. The molecule has 0 bridgehead atoms. The van der Waals surface area contributed by atoms with E-state index in [1.165, 1.54) is 11.6 Å². The van der Waals surface area contributed by atoms with Crippen LogP contribution in [0.1, 0.15) is 44.4 Å². The highest BCUT2D eigenvalue weighted by Crippen LogP contribution is 2.32. The van der Waals surface area contributed by atoms with E-state index in [0.29, 0.717) is 23.0 Å². The number of carbonyl (C=O) groups is 2. The maximum Gasteiger partial charge on any atom is 0.513 e. The first-order valence-electron chi connectivity index (χ1n) is 10.5. The predicted octanol–water partition coefficient (Wildman–Crippen LogP) is 5.13. The molecule has 2 aromatic rings. The summed E-state index contributed by atoms with van der Waals surface area (Å²) in [4.78, 5) is 26.6. The third-order valence-electron chi connectivity index (χ3n) is 5.15. The summed E-state index contributed by atoms with van der Waals surface area (Å²) < 4.78 is 10.1. The van der Waals surface area contributed by atoms with Crippen molar-refractivity contribution in [3.8, 4) is 5.75 Å². The minimum Gasteiger partial charge on any atom is -0.434 e. The number of nitrogens with two attached hydrogens (primary N) is 1. The van der Waals surface area contributed by atoms with E-state index in [0.717, 1.165) is 12.1 Å². The summed E-state index contributed by atoms with van der Waals surface area (Å²) in [6, 6.07) is 12.2. The summed E-state index contributed by atoms with van der Waals surface area (Å²) in [5, 5.41) is 0.335. The zero-order valence-corrected chi connectivity index (χ0v) is 18.9. The fraction of sp³-hybridized carbons (Fsp3) is 0.417. The van der Waals surface area contributed by atoms with Gasteiger partial charge in [0.1, 0.15) is 5.75 Å². The highest BCUT2D eigenvalue weighted by atomic mass is 35.5. The molecular weight excluding hydrogens is 416 g/mol. The van der Waals surface area contributed by atoms with E-state index in [2.05, 4.69) is 13.0 Å². The number of benzene rings is 2. The molecule has 0 saturated carbocycles. The Kier molecular flexibility index (Phi) is 7.57. The Morgan fingerprint density at radius 1 is 1.23 bits per heavy atom. The van der Waals surface area contributed by atoms with Gasteiger partial charge >= 0.3 is 6.16 Å². The number of para-hydroxylation sites is 1. The van der Waals surface area contributed by atoms with Crippen LogP contribution in [0.4, 0.5) is 10.5 Å². The minimum absolute atomic E-state index is 0.0415. The summed E-state index contributed by atoms with van der Waals surface area (Å²) in [7, 11) is 0. The zero-order chi connectivity index (χ0) is 22.5. The van der Waals surface area contributed by atoms with Gasteiger partial charge in [0.05, 0.1) is 6.61 Å². The van der Waals surface area contributed by atoms with Crippen molar-refractivity contribution in [3.63, 3.8) is 0 Å². The van der Waals surface area contributed by atoms with Gasteiger partial charge < -0.3 is 20.1 Å². The van der Waals surface area contributed by atoms with Crippen molar-refractivity contribution >= 4 is 29.4 Å².